The molecule has 0 unspecified atom stereocenters. The van der Waals surface area contributed by atoms with Crippen molar-refractivity contribution in [3.63, 3.8) is 0 Å². The molecule has 0 aliphatic heterocycles. The van der Waals surface area contributed by atoms with Gasteiger partial charge in [-0.3, -0.25) is 10.1 Å². The van der Waals surface area contributed by atoms with Crippen LogP contribution in [0.4, 0.5) is 17.5 Å². The van der Waals surface area contributed by atoms with Crippen molar-refractivity contribution < 1.29 is 9.66 Å². The average Bonchev–Trinajstić information content (AvgIpc) is 2.40. The summed E-state index contributed by atoms with van der Waals surface area (Å²) in [6.45, 7) is 0. The number of aromatic nitrogens is 2. The second kappa shape index (κ2) is 5.67. The predicted molar refractivity (Wildman–Crippen MR) is 75.1 cm³/mol. The quantitative estimate of drug-likeness (QED) is 0.434. The minimum Gasteiger partial charge on any atom is -0.430 e. The average molecular weight is 341 g/mol. The van der Waals surface area contributed by atoms with Crippen LogP contribution in [0.2, 0.25) is 0 Å². The van der Waals surface area contributed by atoms with Crippen LogP contribution in [0.5, 0.6) is 11.6 Å². The maximum absolute atomic E-state index is 11.0. The lowest BCUT2D eigenvalue weighted by atomic mass is 10.3. The molecule has 0 radical (unpaired) electrons. The number of anilines is 2. The molecule has 2 rings (SSSR count). The van der Waals surface area contributed by atoms with E-state index in [1.54, 1.807) is 6.07 Å². The molecule has 0 aliphatic rings. The first-order valence-corrected chi connectivity index (χ1v) is 6.02. The van der Waals surface area contributed by atoms with Crippen LogP contribution in [0.1, 0.15) is 0 Å². The molecule has 2 aromatic rings. The molecule has 5 N–H and O–H groups in total. The van der Waals surface area contributed by atoms with Gasteiger partial charge < -0.3 is 15.9 Å². The van der Waals surface area contributed by atoms with Crippen molar-refractivity contribution >= 4 is 33.4 Å². The van der Waals surface area contributed by atoms with Gasteiger partial charge in [-0.05, 0) is 22.0 Å². The van der Waals surface area contributed by atoms with Crippen molar-refractivity contribution in [3.05, 3.63) is 38.9 Å². The Kier molecular flexibility index (Phi) is 3.96. The molecule has 10 heteroatoms. The van der Waals surface area contributed by atoms with Gasteiger partial charge >= 0.3 is 5.69 Å². The van der Waals surface area contributed by atoms with Gasteiger partial charge in [0.1, 0.15) is 5.82 Å². The Morgan fingerprint density at radius 1 is 1.40 bits per heavy atom. The molecular formula is C10H9BrN6O3. The number of nitrogens with zero attached hydrogens (tertiary/aromatic N) is 3. The lowest BCUT2D eigenvalue weighted by Crippen LogP contribution is -2.10. The van der Waals surface area contributed by atoms with Gasteiger partial charge in [0.2, 0.25) is 17.6 Å². The summed E-state index contributed by atoms with van der Waals surface area (Å²) in [5, 5.41) is 11.0. The Balaban J connectivity index is 2.44. The zero-order chi connectivity index (χ0) is 14.7. The third-order valence-corrected chi connectivity index (χ3v) is 2.84. The molecule has 0 aliphatic carbocycles. The fourth-order valence-corrected chi connectivity index (χ4v) is 1.85. The molecular weight excluding hydrogens is 332 g/mol. The summed E-state index contributed by atoms with van der Waals surface area (Å²) in [6, 6.07) is 5.80. The lowest BCUT2D eigenvalue weighted by Gasteiger charge is -2.08. The molecule has 20 heavy (non-hydrogen) atoms. The first kappa shape index (κ1) is 14.0. The highest BCUT2D eigenvalue weighted by Gasteiger charge is 2.19. The molecule has 0 atom stereocenters. The molecule has 0 amide bonds. The Morgan fingerprint density at radius 3 is 2.80 bits per heavy atom. The molecule has 0 saturated carbocycles. The summed E-state index contributed by atoms with van der Waals surface area (Å²) in [5.74, 6) is 5.41. The van der Waals surface area contributed by atoms with Crippen LogP contribution in [-0.2, 0) is 0 Å². The summed E-state index contributed by atoms with van der Waals surface area (Å²) in [6.07, 6.45) is 0. The van der Waals surface area contributed by atoms with E-state index >= 15 is 0 Å². The van der Waals surface area contributed by atoms with E-state index in [0.29, 0.717) is 4.47 Å². The number of nitrogens with two attached hydrogens (primary N) is 2. The Bertz CT molecular complexity index is 665. The zero-order valence-electron chi connectivity index (χ0n) is 9.91. The van der Waals surface area contributed by atoms with Gasteiger partial charge in [0.15, 0.2) is 0 Å². The van der Waals surface area contributed by atoms with E-state index in [1.807, 2.05) is 0 Å². The summed E-state index contributed by atoms with van der Waals surface area (Å²) in [7, 11) is 0. The number of ether oxygens (including phenoxy) is 1. The highest BCUT2D eigenvalue weighted by Crippen LogP contribution is 2.37. The van der Waals surface area contributed by atoms with Crippen LogP contribution >= 0.6 is 15.9 Å². The summed E-state index contributed by atoms with van der Waals surface area (Å²) in [5.41, 5.74) is 7.56. The van der Waals surface area contributed by atoms with Crippen LogP contribution in [0.25, 0.3) is 0 Å². The number of hydrogen-bond acceptors (Lipinski definition) is 8. The highest BCUT2D eigenvalue weighted by atomic mass is 79.9. The number of hydrazine groups is 1. The SMILES string of the molecule is NNc1cc(Oc2c(Br)cccc2[N+](=O)[O-])nc(N)n1. The smallest absolute Gasteiger partial charge is 0.312 e. The van der Waals surface area contributed by atoms with Gasteiger partial charge in [-0.1, -0.05) is 6.07 Å². The Morgan fingerprint density at radius 2 is 2.15 bits per heavy atom. The van der Waals surface area contributed by atoms with Gasteiger partial charge in [0.05, 0.1) is 9.40 Å². The van der Waals surface area contributed by atoms with E-state index in [2.05, 4.69) is 31.3 Å². The van der Waals surface area contributed by atoms with Gasteiger partial charge in [-0.2, -0.15) is 9.97 Å². The Hall–Kier alpha value is -2.46. The first-order valence-electron chi connectivity index (χ1n) is 5.23. The lowest BCUT2D eigenvalue weighted by molar-refractivity contribution is -0.385. The molecule has 0 bridgehead atoms. The summed E-state index contributed by atoms with van der Waals surface area (Å²) in [4.78, 5) is 18.0. The minimum atomic E-state index is -0.563. The standard InChI is InChI=1S/C10H9BrN6O3/c11-5-2-1-3-6(17(18)19)9(5)20-8-4-7(16-13)14-10(12)15-8/h1-4H,13H2,(H3,12,14,15,16). The second-order valence-corrected chi connectivity index (χ2v) is 4.40. The van der Waals surface area contributed by atoms with Gasteiger partial charge in [-0.15, -0.1) is 0 Å². The number of nitro groups is 1. The molecule has 0 spiro atoms. The van der Waals surface area contributed by atoms with Crippen molar-refractivity contribution in [3.8, 4) is 11.6 Å². The molecule has 104 valence electrons. The number of nitrogen functional groups attached to an aromatic ring is 2. The molecule has 0 saturated heterocycles. The van der Waals surface area contributed by atoms with Crippen LogP contribution in [0, 0.1) is 10.1 Å². The molecule has 9 nitrogen and oxygen atoms in total. The number of halogens is 1. The van der Waals surface area contributed by atoms with Crippen LogP contribution in [0.15, 0.2) is 28.7 Å². The largest absolute Gasteiger partial charge is 0.430 e. The van der Waals surface area contributed by atoms with Crippen molar-refractivity contribution in [2.75, 3.05) is 11.2 Å². The monoisotopic (exact) mass is 340 g/mol. The normalized spacial score (nSPS) is 10.1. The molecule has 0 fully saturated rings. The number of nitro benzene ring substituents is 1. The maximum atomic E-state index is 11.0. The third kappa shape index (κ3) is 2.92. The van der Waals surface area contributed by atoms with Crippen molar-refractivity contribution in [1.82, 2.24) is 9.97 Å². The summed E-state index contributed by atoms with van der Waals surface area (Å²) < 4.78 is 5.82. The number of para-hydroxylation sites is 1. The van der Waals surface area contributed by atoms with E-state index in [9.17, 15) is 10.1 Å². The summed E-state index contributed by atoms with van der Waals surface area (Å²) >= 11 is 3.18. The molecule has 1 heterocycles. The van der Waals surface area contributed by atoms with E-state index in [-0.39, 0.29) is 29.1 Å². The highest BCUT2D eigenvalue weighted by molar-refractivity contribution is 9.10. The first-order chi connectivity index (χ1) is 9.51. The fourth-order valence-electron chi connectivity index (χ4n) is 1.42. The Labute approximate surface area is 121 Å². The van der Waals surface area contributed by atoms with Gasteiger partial charge in [0, 0.05) is 12.1 Å². The van der Waals surface area contributed by atoms with Crippen LogP contribution in [-0.4, -0.2) is 14.9 Å². The van der Waals surface area contributed by atoms with Crippen molar-refractivity contribution in [2.24, 2.45) is 5.84 Å². The van der Waals surface area contributed by atoms with Crippen LogP contribution in [0.3, 0.4) is 0 Å². The number of benzene rings is 1. The van der Waals surface area contributed by atoms with E-state index in [1.165, 1.54) is 18.2 Å². The fraction of sp³-hybridized carbons (Fsp3) is 0. The predicted octanol–water partition coefficient (Wildman–Crippen LogP) is 1.81. The number of hydrogen-bond donors (Lipinski definition) is 3. The maximum Gasteiger partial charge on any atom is 0.312 e. The van der Waals surface area contributed by atoms with Crippen molar-refractivity contribution in [2.45, 2.75) is 0 Å². The van der Waals surface area contributed by atoms with Gasteiger partial charge in [-0.25, -0.2) is 5.84 Å². The third-order valence-electron chi connectivity index (χ3n) is 2.22. The topological polar surface area (TPSA) is 142 Å². The van der Waals surface area contributed by atoms with E-state index < -0.39 is 4.92 Å². The molecule has 1 aromatic heterocycles. The molecule has 1 aromatic carbocycles. The number of nitrogens with one attached hydrogen (secondary N) is 1. The van der Waals surface area contributed by atoms with Crippen molar-refractivity contribution in [1.29, 1.82) is 0 Å². The zero-order valence-corrected chi connectivity index (χ0v) is 11.5. The second-order valence-electron chi connectivity index (χ2n) is 3.54. The minimum absolute atomic E-state index is 0.0126. The number of rotatable bonds is 4. The van der Waals surface area contributed by atoms with Crippen LogP contribution < -0.4 is 21.7 Å². The van der Waals surface area contributed by atoms with E-state index in [0.717, 1.165) is 0 Å². The van der Waals surface area contributed by atoms with Gasteiger partial charge in [0.25, 0.3) is 0 Å². The van der Waals surface area contributed by atoms with E-state index in [4.69, 9.17) is 16.3 Å².